The molecule has 94 valence electrons. The molecule has 0 aromatic heterocycles. The zero-order valence-electron chi connectivity index (χ0n) is 8.88. The molecule has 0 fully saturated rings. The van der Waals surface area contributed by atoms with E-state index in [1.165, 1.54) is 12.1 Å². The molecule has 1 N–H and O–H groups in total. The van der Waals surface area contributed by atoms with Crippen LogP contribution in [0.2, 0.25) is 0 Å². The number of hydrogen-bond acceptors (Lipinski definition) is 1. The molecule has 0 aliphatic rings. The Hall–Kier alpha value is -1.59. The average Bonchev–Trinajstić information content (AvgIpc) is 2.15. The Kier molecular flexibility index (Phi) is 3.45. The second-order valence-corrected chi connectivity index (χ2v) is 3.74. The predicted octanol–water partition coefficient (Wildman–Crippen LogP) is 3.20. The van der Waals surface area contributed by atoms with Crippen LogP contribution in [0, 0.1) is 6.92 Å². The lowest BCUT2D eigenvalue weighted by molar-refractivity contribution is -0.239. The molecule has 0 amide bonds. The largest absolute Gasteiger partial charge is 0.481 e. The summed E-state index contributed by atoms with van der Waals surface area (Å²) in [4.78, 5) is 10.4. The van der Waals surface area contributed by atoms with Crippen LogP contribution in [0.1, 0.15) is 17.5 Å². The van der Waals surface area contributed by atoms with Gasteiger partial charge in [0.15, 0.2) is 0 Å². The maximum atomic E-state index is 13.9. The molecular formula is C11H10F4O2. The lowest BCUT2D eigenvalue weighted by Gasteiger charge is -2.26. The van der Waals surface area contributed by atoms with Gasteiger partial charge in [-0.2, -0.15) is 13.2 Å². The van der Waals surface area contributed by atoms with Crippen LogP contribution in [0.25, 0.3) is 0 Å². The molecule has 1 rings (SSSR count). The van der Waals surface area contributed by atoms with Crippen molar-refractivity contribution in [3.05, 3.63) is 35.4 Å². The van der Waals surface area contributed by atoms with E-state index in [9.17, 15) is 22.4 Å². The summed E-state index contributed by atoms with van der Waals surface area (Å²) in [5, 5.41) is 8.39. The van der Waals surface area contributed by atoms with E-state index in [1.807, 2.05) is 0 Å². The van der Waals surface area contributed by atoms with E-state index in [0.29, 0.717) is 5.56 Å². The first-order valence-electron chi connectivity index (χ1n) is 4.71. The third-order valence-electron chi connectivity index (χ3n) is 2.35. The van der Waals surface area contributed by atoms with Gasteiger partial charge in [-0.25, -0.2) is 4.39 Å². The highest BCUT2D eigenvalue weighted by Crippen LogP contribution is 2.45. The van der Waals surface area contributed by atoms with Crippen molar-refractivity contribution in [2.45, 2.75) is 25.2 Å². The summed E-state index contributed by atoms with van der Waals surface area (Å²) in [7, 11) is 0. The molecule has 1 unspecified atom stereocenters. The molecule has 1 atom stereocenters. The van der Waals surface area contributed by atoms with Gasteiger partial charge in [-0.3, -0.25) is 4.79 Å². The van der Waals surface area contributed by atoms with Crippen molar-refractivity contribution in [3.63, 3.8) is 0 Å². The summed E-state index contributed by atoms with van der Waals surface area (Å²) in [6.07, 6.45) is -6.90. The maximum Gasteiger partial charge on any atom is 0.427 e. The second-order valence-electron chi connectivity index (χ2n) is 3.74. The molecule has 0 saturated heterocycles. The first-order chi connectivity index (χ1) is 7.67. The highest BCUT2D eigenvalue weighted by Gasteiger charge is 2.58. The SMILES string of the molecule is Cc1ccc(C(F)(CC(=O)O)C(F)(F)F)cc1. The Morgan fingerprint density at radius 1 is 1.18 bits per heavy atom. The molecule has 6 heteroatoms. The van der Waals surface area contributed by atoms with Crippen molar-refractivity contribution in [1.29, 1.82) is 0 Å². The predicted molar refractivity (Wildman–Crippen MR) is 52.3 cm³/mol. The van der Waals surface area contributed by atoms with E-state index in [2.05, 4.69) is 0 Å². The van der Waals surface area contributed by atoms with Crippen LogP contribution in [-0.2, 0) is 10.5 Å². The number of halogens is 4. The summed E-state index contributed by atoms with van der Waals surface area (Å²) in [6, 6.07) is 4.51. The van der Waals surface area contributed by atoms with Gasteiger partial charge in [0.1, 0.15) is 0 Å². The van der Waals surface area contributed by atoms with E-state index < -0.39 is 29.8 Å². The van der Waals surface area contributed by atoms with Crippen LogP contribution in [0.4, 0.5) is 17.6 Å². The Morgan fingerprint density at radius 3 is 2.00 bits per heavy atom. The van der Waals surface area contributed by atoms with Gasteiger partial charge >= 0.3 is 12.1 Å². The fourth-order valence-corrected chi connectivity index (χ4v) is 1.39. The van der Waals surface area contributed by atoms with Crippen molar-refractivity contribution >= 4 is 5.97 Å². The highest BCUT2D eigenvalue weighted by molar-refractivity contribution is 5.69. The first-order valence-corrected chi connectivity index (χ1v) is 4.71. The third kappa shape index (κ3) is 2.75. The van der Waals surface area contributed by atoms with Crippen LogP contribution >= 0.6 is 0 Å². The lowest BCUT2D eigenvalue weighted by atomic mass is 9.91. The Bertz CT molecular complexity index is 410. The number of rotatable bonds is 3. The van der Waals surface area contributed by atoms with Crippen LogP contribution < -0.4 is 0 Å². The molecule has 0 radical (unpaired) electrons. The summed E-state index contributed by atoms with van der Waals surface area (Å²) >= 11 is 0. The summed E-state index contributed by atoms with van der Waals surface area (Å²) in [6.45, 7) is 1.63. The first kappa shape index (κ1) is 13.5. The number of aliphatic carboxylic acids is 1. The van der Waals surface area contributed by atoms with Gasteiger partial charge < -0.3 is 5.11 Å². The smallest absolute Gasteiger partial charge is 0.427 e. The van der Waals surface area contributed by atoms with Crippen LogP contribution in [0.3, 0.4) is 0 Å². The minimum absolute atomic E-state index is 0.661. The number of benzene rings is 1. The Balaban J connectivity index is 3.24. The van der Waals surface area contributed by atoms with Crippen molar-refractivity contribution in [2.75, 3.05) is 0 Å². The van der Waals surface area contributed by atoms with Crippen LogP contribution in [0.5, 0.6) is 0 Å². The number of hydrogen-bond donors (Lipinski definition) is 1. The van der Waals surface area contributed by atoms with Gasteiger partial charge in [0.2, 0.25) is 5.67 Å². The number of carbonyl (C=O) groups is 1. The van der Waals surface area contributed by atoms with Gasteiger partial charge in [0.25, 0.3) is 0 Å². The lowest BCUT2D eigenvalue weighted by Crippen LogP contribution is -2.40. The number of alkyl halides is 4. The summed E-state index contributed by atoms with van der Waals surface area (Å²) in [5.41, 5.74) is -3.89. The van der Waals surface area contributed by atoms with Gasteiger partial charge in [-0.15, -0.1) is 0 Å². The van der Waals surface area contributed by atoms with Crippen LogP contribution in [-0.4, -0.2) is 17.3 Å². The topological polar surface area (TPSA) is 37.3 Å². The number of aryl methyl sites for hydroxylation is 1. The third-order valence-corrected chi connectivity index (χ3v) is 2.35. The molecule has 0 spiro atoms. The molecule has 0 aliphatic heterocycles. The minimum Gasteiger partial charge on any atom is -0.481 e. The Labute approximate surface area is 94.9 Å². The quantitative estimate of drug-likeness (QED) is 0.836. The van der Waals surface area contributed by atoms with Gasteiger partial charge in [-0.1, -0.05) is 29.8 Å². The van der Waals surface area contributed by atoms with E-state index in [0.717, 1.165) is 12.1 Å². The number of carboxylic acids is 1. The van der Waals surface area contributed by atoms with Gasteiger partial charge in [0.05, 0.1) is 6.42 Å². The molecule has 0 heterocycles. The van der Waals surface area contributed by atoms with E-state index >= 15 is 0 Å². The standard InChI is InChI=1S/C11H10F4O2/c1-7-2-4-8(5-3-7)10(12,6-9(16)17)11(13,14)15/h2-5H,6H2,1H3,(H,16,17). The van der Waals surface area contributed by atoms with Crippen molar-refractivity contribution in [2.24, 2.45) is 0 Å². The molecular weight excluding hydrogens is 240 g/mol. The molecule has 1 aromatic rings. The van der Waals surface area contributed by atoms with E-state index in [1.54, 1.807) is 6.92 Å². The summed E-state index contributed by atoms with van der Waals surface area (Å²) in [5.74, 6) is -1.84. The molecule has 0 bridgehead atoms. The molecule has 0 aliphatic carbocycles. The average molecular weight is 250 g/mol. The molecule has 17 heavy (non-hydrogen) atoms. The van der Waals surface area contributed by atoms with E-state index in [4.69, 9.17) is 5.11 Å². The van der Waals surface area contributed by atoms with Gasteiger partial charge in [-0.05, 0) is 12.5 Å². The maximum absolute atomic E-state index is 13.9. The fraction of sp³-hybridized carbons (Fsp3) is 0.364. The highest BCUT2D eigenvalue weighted by atomic mass is 19.4. The van der Waals surface area contributed by atoms with Crippen molar-refractivity contribution in [3.8, 4) is 0 Å². The molecule has 1 aromatic carbocycles. The van der Waals surface area contributed by atoms with E-state index in [-0.39, 0.29) is 0 Å². The monoisotopic (exact) mass is 250 g/mol. The van der Waals surface area contributed by atoms with Crippen molar-refractivity contribution in [1.82, 2.24) is 0 Å². The normalized spacial score (nSPS) is 15.4. The fourth-order valence-electron chi connectivity index (χ4n) is 1.39. The van der Waals surface area contributed by atoms with Gasteiger partial charge in [0, 0.05) is 0 Å². The zero-order chi connectivity index (χ0) is 13.3. The Morgan fingerprint density at radius 2 is 1.65 bits per heavy atom. The minimum atomic E-state index is -5.26. The van der Waals surface area contributed by atoms with Crippen molar-refractivity contribution < 1.29 is 27.5 Å². The second kappa shape index (κ2) is 4.35. The summed E-state index contributed by atoms with van der Waals surface area (Å²) < 4.78 is 51.7. The number of carboxylic acid groups (broad SMARTS) is 1. The van der Waals surface area contributed by atoms with Crippen LogP contribution in [0.15, 0.2) is 24.3 Å². The molecule has 0 saturated carbocycles. The zero-order valence-corrected chi connectivity index (χ0v) is 8.88. The molecule has 2 nitrogen and oxygen atoms in total.